The number of nitrogens with zero attached hydrogens (tertiary/aromatic N) is 1. The second kappa shape index (κ2) is 5.96. The van der Waals surface area contributed by atoms with Gasteiger partial charge in [-0.1, -0.05) is 22.9 Å². The van der Waals surface area contributed by atoms with Gasteiger partial charge in [-0.05, 0) is 31.5 Å². The van der Waals surface area contributed by atoms with Crippen molar-refractivity contribution in [2.75, 3.05) is 18.0 Å². The highest BCUT2D eigenvalue weighted by Gasteiger charge is 2.34. The highest BCUT2D eigenvalue weighted by molar-refractivity contribution is 9.10. The lowest BCUT2D eigenvalue weighted by Crippen LogP contribution is -2.39. The molecule has 3 nitrogen and oxygen atoms in total. The highest BCUT2D eigenvalue weighted by atomic mass is 79.9. The monoisotopic (exact) mass is 332 g/mol. The molecule has 0 aliphatic carbocycles. The molecule has 1 heterocycles. The molecule has 1 atom stereocenters. The molecular weight excluding hydrogens is 318 g/mol. The van der Waals surface area contributed by atoms with E-state index in [0.717, 1.165) is 13.0 Å². The van der Waals surface area contributed by atoms with Gasteiger partial charge in [0.25, 0.3) is 0 Å². The minimum absolute atomic E-state index is 0.256. The van der Waals surface area contributed by atoms with E-state index in [0.29, 0.717) is 17.4 Å². The van der Waals surface area contributed by atoms with Gasteiger partial charge in [-0.15, -0.1) is 0 Å². The fourth-order valence-corrected chi connectivity index (χ4v) is 2.60. The van der Waals surface area contributed by atoms with Crippen LogP contribution < -0.4 is 10.2 Å². The zero-order valence-corrected chi connectivity index (χ0v) is 12.1. The first-order valence-electron chi connectivity index (χ1n) is 6.24. The van der Waals surface area contributed by atoms with Crippen LogP contribution in [-0.4, -0.2) is 25.0 Å². The minimum Gasteiger partial charge on any atom is -0.306 e. The molecular formula is C13H15BrF2N2O. The summed E-state index contributed by atoms with van der Waals surface area (Å²) in [6.45, 7) is 3.05. The normalized spacial score (nSPS) is 19.3. The molecule has 0 aromatic heterocycles. The van der Waals surface area contributed by atoms with Gasteiger partial charge in [-0.25, -0.2) is 8.78 Å². The predicted molar refractivity (Wildman–Crippen MR) is 73.1 cm³/mol. The highest BCUT2D eigenvalue weighted by Crippen LogP contribution is 2.30. The average molecular weight is 333 g/mol. The number of benzene rings is 1. The summed E-state index contributed by atoms with van der Waals surface area (Å²) in [7, 11) is 0. The van der Waals surface area contributed by atoms with Crippen LogP contribution in [0.1, 0.15) is 19.8 Å². The van der Waals surface area contributed by atoms with Crippen LogP contribution in [0, 0.1) is 11.6 Å². The third-order valence-corrected chi connectivity index (χ3v) is 3.56. The van der Waals surface area contributed by atoms with Gasteiger partial charge in [0.2, 0.25) is 5.91 Å². The first-order chi connectivity index (χ1) is 9.04. The molecule has 0 radical (unpaired) electrons. The first-order valence-corrected chi connectivity index (χ1v) is 7.03. The predicted octanol–water partition coefficient (Wildman–Crippen LogP) is 2.83. The third kappa shape index (κ3) is 2.95. The summed E-state index contributed by atoms with van der Waals surface area (Å²) >= 11 is 3.02. The average Bonchev–Trinajstić information content (AvgIpc) is 2.68. The molecule has 0 saturated carbocycles. The van der Waals surface area contributed by atoms with Gasteiger partial charge in [0.05, 0.1) is 6.04 Å². The molecule has 1 aromatic rings. The SMILES string of the molecule is CCCNC1CCN(c2c(F)cc(Br)cc2F)C1=O. The quantitative estimate of drug-likeness (QED) is 0.919. The summed E-state index contributed by atoms with van der Waals surface area (Å²) in [5, 5.41) is 3.09. The summed E-state index contributed by atoms with van der Waals surface area (Å²) in [6.07, 6.45) is 1.47. The van der Waals surface area contributed by atoms with E-state index in [1.54, 1.807) is 0 Å². The molecule has 2 rings (SSSR count). The molecule has 1 saturated heterocycles. The molecule has 0 bridgehead atoms. The molecule has 1 unspecified atom stereocenters. The number of anilines is 1. The van der Waals surface area contributed by atoms with Gasteiger partial charge in [-0.2, -0.15) is 0 Å². The van der Waals surface area contributed by atoms with E-state index in [4.69, 9.17) is 0 Å². The van der Waals surface area contributed by atoms with Crippen molar-refractivity contribution in [3.8, 4) is 0 Å². The number of carbonyl (C=O) groups excluding carboxylic acids is 1. The molecule has 1 aliphatic rings. The Kier molecular flexibility index (Phi) is 4.52. The third-order valence-electron chi connectivity index (χ3n) is 3.10. The van der Waals surface area contributed by atoms with Gasteiger partial charge in [0.15, 0.2) is 11.6 Å². The summed E-state index contributed by atoms with van der Waals surface area (Å²) in [5.41, 5.74) is -0.256. The lowest BCUT2D eigenvalue weighted by Gasteiger charge is -2.18. The van der Waals surface area contributed by atoms with Crippen molar-refractivity contribution in [3.63, 3.8) is 0 Å². The van der Waals surface area contributed by atoms with Crippen molar-refractivity contribution >= 4 is 27.5 Å². The van der Waals surface area contributed by atoms with Gasteiger partial charge in [-0.3, -0.25) is 4.79 Å². The number of hydrogen-bond donors (Lipinski definition) is 1. The maximum atomic E-state index is 13.8. The fourth-order valence-electron chi connectivity index (χ4n) is 2.20. The van der Waals surface area contributed by atoms with Crippen molar-refractivity contribution in [1.82, 2.24) is 5.32 Å². The second-order valence-electron chi connectivity index (χ2n) is 4.50. The summed E-state index contributed by atoms with van der Waals surface area (Å²) in [5.74, 6) is -1.72. The zero-order chi connectivity index (χ0) is 14.0. The maximum Gasteiger partial charge on any atom is 0.244 e. The van der Waals surface area contributed by atoms with Crippen LogP contribution in [0.15, 0.2) is 16.6 Å². The van der Waals surface area contributed by atoms with Crippen LogP contribution >= 0.6 is 15.9 Å². The van der Waals surface area contributed by atoms with Gasteiger partial charge in [0.1, 0.15) is 5.69 Å². The van der Waals surface area contributed by atoms with Crippen LogP contribution in [-0.2, 0) is 4.79 Å². The molecule has 0 spiro atoms. The van der Waals surface area contributed by atoms with E-state index in [-0.39, 0.29) is 17.6 Å². The van der Waals surface area contributed by atoms with Crippen LogP contribution in [0.25, 0.3) is 0 Å². The number of hydrogen-bond acceptors (Lipinski definition) is 2. The molecule has 104 valence electrons. The van der Waals surface area contributed by atoms with Crippen molar-refractivity contribution in [1.29, 1.82) is 0 Å². The Morgan fingerprint density at radius 3 is 2.63 bits per heavy atom. The zero-order valence-electron chi connectivity index (χ0n) is 10.5. The standard InChI is InChI=1S/C13H15BrF2N2O/c1-2-4-17-11-3-5-18(13(11)19)12-9(15)6-8(14)7-10(12)16/h6-7,11,17H,2-5H2,1H3. The lowest BCUT2D eigenvalue weighted by atomic mass is 10.2. The summed E-state index contributed by atoms with van der Waals surface area (Å²) in [6, 6.07) is 1.99. The number of carbonyl (C=O) groups is 1. The molecule has 1 amide bonds. The van der Waals surface area contributed by atoms with E-state index in [9.17, 15) is 13.6 Å². The van der Waals surface area contributed by atoms with Crippen LogP contribution in [0.4, 0.5) is 14.5 Å². The minimum atomic E-state index is -0.726. The molecule has 19 heavy (non-hydrogen) atoms. The van der Waals surface area contributed by atoms with Crippen molar-refractivity contribution in [3.05, 3.63) is 28.2 Å². The molecule has 1 aliphatic heterocycles. The smallest absolute Gasteiger partial charge is 0.244 e. The van der Waals surface area contributed by atoms with Crippen LogP contribution in [0.5, 0.6) is 0 Å². The van der Waals surface area contributed by atoms with Crippen molar-refractivity contribution in [2.45, 2.75) is 25.8 Å². The summed E-state index contributed by atoms with van der Waals surface area (Å²) in [4.78, 5) is 13.3. The Bertz CT molecular complexity index is 473. The Morgan fingerprint density at radius 2 is 2.05 bits per heavy atom. The van der Waals surface area contributed by atoms with Crippen LogP contribution in [0.2, 0.25) is 0 Å². The van der Waals surface area contributed by atoms with Crippen LogP contribution in [0.3, 0.4) is 0 Å². The topological polar surface area (TPSA) is 32.3 Å². The van der Waals surface area contributed by atoms with E-state index in [1.807, 2.05) is 6.92 Å². The molecule has 1 N–H and O–H groups in total. The van der Waals surface area contributed by atoms with Gasteiger partial charge >= 0.3 is 0 Å². The Balaban J connectivity index is 2.22. The molecule has 1 aromatic carbocycles. The Hall–Kier alpha value is -1.01. The number of amides is 1. The number of rotatable bonds is 4. The van der Waals surface area contributed by atoms with Crippen molar-refractivity contribution < 1.29 is 13.6 Å². The molecule has 1 fully saturated rings. The first kappa shape index (κ1) is 14.4. The van der Waals surface area contributed by atoms with Crippen molar-refractivity contribution in [2.24, 2.45) is 0 Å². The number of halogens is 3. The Labute approximate surface area is 119 Å². The Morgan fingerprint density at radius 1 is 1.42 bits per heavy atom. The van der Waals surface area contributed by atoms with E-state index < -0.39 is 11.6 Å². The van der Waals surface area contributed by atoms with E-state index >= 15 is 0 Å². The molecule has 6 heteroatoms. The largest absolute Gasteiger partial charge is 0.306 e. The lowest BCUT2D eigenvalue weighted by molar-refractivity contribution is -0.118. The van der Waals surface area contributed by atoms with E-state index in [2.05, 4.69) is 21.2 Å². The maximum absolute atomic E-state index is 13.8. The van der Waals surface area contributed by atoms with E-state index in [1.165, 1.54) is 17.0 Å². The van der Waals surface area contributed by atoms with Gasteiger partial charge in [0, 0.05) is 11.0 Å². The summed E-state index contributed by atoms with van der Waals surface area (Å²) < 4.78 is 28.0. The van der Waals surface area contributed by atoms with Gasteiger partial charge < -0.3 is 10.2 Å². The number of nitrogens with one attached hydrogen (secondary N) is 1. The fraction of sp³-hybridized carbons (Fsp3) is 0.462. The second-order valence-corrected chi connectivity index (χ2v) is 5.42.